The van der Waals surface area contributed by atoms with E-state index in [9.17, 15) is 18.4 Å². The first-order valence-electron chi connectivity index (χ1n) is 10.3. The third-order valence-corrected chi connectivity index (χ3v) is 5.40. The molecule has 9 nitrogen and oxygen atoms in total. The van der Waals surface area contributed by atoms with Gasteiger partial charge in [-0.2, -0.15) is 4.98 Å². The van der Waals surface area contributed by atoms with Gasteiger partial charge in [0.25, 0.3) is 17.4 Å². The van der Waals surface area contributed by atoms with Crippen molar-refractivity contribution in [3.8, 4) is 11.5 Å². The molecular formula is C23H15ClF2N6O3. The Balaban J connectivity index is 1.32. The number of carbonyl (C=O) groups excluding carboxylic acids is 1. The van der Waals surface area contributed by atoms with E-state index in [-0.39, 0.29) is 35.4 Å². The van der Waals surface area contributed by atoms with Crippen LogP contribution in [0.15, 0.2) is 64.3 Å². The molecule has 0 radical (unpaired) electrons. The fourth-order valence-electron chi connectivity index (χ4n) is 3.54. The number of hydrogen-bond donors (Lipinski definition) is 2. The summed E-state index contributed by atoms with van der Waals surface area (Å²) in [5, 5.41) is 7.34. The molecule has 0 fully saturated rings. The second kappa shape index (κ2) is 9.11. The van der Waals surface area contributed by atoms with Crippen molar-refractivity contribution < 1.29 is 18.1 Å². The van der Waals surface area contributed by atoms with E-state index in [1.54, 1.807) is 18.5 Å². The van der Waals surface area contributed by atoms with Gasteiger partial charge in [0.05, 0.1) is 23.7 Å². The highest BCUT2D eigenvalue weighted by Gasteiger charge is 2.17. The summed E-state index contributed by atoms with van der Waals surface area (Å²) in [5.74, 6) is -2.32. The highest BCUT2D eigenvalue weighted by atomic mass is 35.5. The van der Waals surface area contributed by atoms with Gasteiger partial charge in [0.1, 0.15) is 11.2 Å². The molecule has 4 aromatic heterocycles. The van der Waals surface area contributed by atoms with Crippen molar-refractivity contribution in [2.24, 2.45) is 0 Å². The number of nitrogens with one attached hydrogen (secondary N) is 2. The molecule has 4 heterocycles. The van der Waals surface area contributed by atoms with Gasteiger partial charge in [-0.25, -0.2) is 13.8 Å². The van der Waals surface area contributed by atoms with Crippen LogP contribution in [0.3, 0.4) is 0 Å². The zero-order valence-corrected chi connectivity index (χ0v) is 18.5. The lowest BCUT2D eigenvalue weighted by Gasteiger charge is -2.10. The van der Waals surface area contributed by atoms with Crippen molar-refractivity contribution in [1.82, 2.24) is 30.0 Å². The van der Waals surface area contributed by atoms with Crippen molar-refractivity contribution in [2.45, 2.75) is 13.1 Å². The van der Waals surface area contributed by atoms with Crippen LogP contribution in [-0.2, 0) is 13.1 Å². The molecule has 0 saturated heterocycles. The standard InChI is InChI=1S/C23H15ClF2N6O3/c24-13-7-15(23(34)32(11-13)10-12-3-4-17(25)18(26)6-12)21(33)29-9-19-30-22(35-31-19)16-8-28-20-14(16)2-1-5-27-20/h1-8,11H,9-10H2,(H,27,28)(H,29,33). The highest BCUT2D eigenvalue weighted by molar-refractivity contribution is 6.30. The first kappa shape index (κ1) is 22.4. The number of H-pyrrole nitrogens is 1. The van der Waals surface area contributed by atoms with E-state index >= 15 is 0 Å². The minimum Gasteiger partial charge on any atom is -0.345 e. The van der Waals surface area contributed by atoms with E-state index in [0.29, 0.717) is 16.8 Å². The largest absolute Gasteiger partial charge is 0.345 e. The molecule has 0 unspecified atom stereocenters. The number of hydrogen-bond acceptors (Lipinski definition) is 6. The summed E-state index contributed by atoms with van der Waals surface area (Å²) >= 11 is 6.09. The van der Waals surface area contributed by atoms with Gasteiger partial charge < -0.3 is 19.4 Å². The van der Waals surface area contributed by atoms with Crippen LogP contribution < -0.4 is 10.9 Å². The Morgan fingerprint density at radius 2 is 2.06 bits per heavy atom. The minimum absolute atomic E-state index is 0.107. The fourth-order valence-corrected chi connectivity index (χ4v) is 3.76. The summed E-state index contributed by atoms with van der Waals surface area (Å²) in [4.78, 5) is 37.0. The summed E-state index contributed by atoms with van der Waals surface area (Å²) in [6, 6.07) is 8.12. The lowest BCUT2D eigenvalue weighted by Crippen LogP contribution is -2.33. The van der Waals surface area contributed by atoms with E-state index in [1.165, 1.54) is 18.3 Å². The molecule has 1 amide bonds. The topological polar surface area (TPSA) is 119 Å². The van der Waals surface area contributed by atoms with Crippen LogP contribution in [0.1, 0.15) is 21.7 Å². The minimum atomic E-state index is -1.04. The average Bonchev–Trinajstić information content (AvgIpc) is 3.49. The van der Waals surface area contributed by atoms with Crippen molar-refractivity contribution in [3.05, 3.63) is 99.0 Å². The fraction of sp³-hybridized carbons (Fsp3) is 0.0870. The first-order valence-corrected chi connectivity index (χ1v) is 10.6. The molecule has 5 aromatic rings. The summed E-state index contributed by atoms with van der Waals surface area (Å²) < 4.78 is 33.1. The summed E-state index contributed by atoms with van der Waals surface area (Å²) in [6.07, 6.45) is 4.65. The van der Waals surface area contributed by atoms with Crippen LogP contribution in [0, 0.1) is 11.6 Å². The lowest BCUT2D eigenvalue weighted by atomic mass is 10.2. The van der Waals surface area contributed by atoms with Crippen molar-refractivity contribution in [3.63, 3.8) is 0 Å². The molecule has 0 saturated carbocycles. The number of carbonyl (C=O) groups is 1. The van der Waals surface area contributed by atoms with E-state index in [1.807, 2.05) is 6.07 Å². The smallest absolute Gasteiger partial charge is 0.263 e. The second-order valence-electron chi connectivity index (χ2n) is 7.55. The van der Waals surface area contributed by atoms with Gasteiger partial charge in [0, 0.05) is 24.0 Å². The number of benzene rings is 1. The molecule has 0 atom stereocenters. The van der Waals surface area contributed by atoms with Crippen LogP contribution in [0.2, 0.25) is 5.02 Å². The summed E-state index contributed by atoms with van der Waals surface area (Å²) in [5.41, 5.74) is 0.763. The Morgan fingerprint density at radius 3 is 2.89 bits per heavy atom. The Labute approximate surface area is 200 Å². The van der Waals surface area contributed by atoms with Gasteiger partial charge in [-0.15, -0.1) is 0 Å². The molecule has 0 aliphatic carbocycles. The molecule has 0 aliphatic rings. The number of pyridine rings is 2. The van der Waals surface area contributed by atoms with E-state index < -0.39 is 23.1 Å². The Bertz CT molecular complexity index is 1630. The summed E-state index contributed by atoms with van der Waals surface area (Å²) in [6.45, 7) is -0.220. The van der Waals surface area contributed by atoms with Crippen molar-refractivity contribution in [1.29, 1.82) is 0 Å². The molecule has 1 aromatic carbocycles. The SMILES string of the molecule is O=C(NCc1noc(-c2c[nH]c3ncccc23)n1)c1cc(Cl)cn(Cc2ccc(F)c(F)c2)c1=O. The monoisotopic (exact) mass is 496 g/mol. The van der Waals surface area contributed by atoms with E-state index in [2.05, 4.69) is 25.4 Å². The predicted molar refractivity (Wildman–Crippen MR) is 122 cm³/mol. The van der Waals surface area contributed by atoms with E-state index in [4.69, 9.17) is 16.1 Å². The average molecular weight is 497 g/mol. The molecule has 12 heteroatoms. The van der Waals surface area contributed by atoms with Gasteiger partial charge in [0.15, 0.2) is 17.5 Å². The Morgan fingerprint density at radius 1 is 1.20 bits per heavy atom. The Kier molecular flexibility index (Phi) is 5.83. The maximum atomic E-state index is 13.5. The summed E-state index contributed by atoms with van der Waals surface area (Å²) in [7, 11) is 0. The molecule has 0 spiro atoms. The molecule has 2 N–H and O–H groups in total. The maximum Gasteiger partial charge on any atom is 0.263 e. The molecule has 0 bridgehead atoms. The highest BCUT2D eigenvalue weighted by Crippen LogP contribution is 2.25. The zero-order chi connectivity index (χ0) is 24.5. The third-order valence-electron chi connectivity index (χ3n) is 5.19. The maximum absolute atomic E-state index is 13.5. The van der Waals surface area contributed by atoms with Crippen molar-refractivity contribution in [2.75, 3.05) is 0 Å². The first-order chi connectivity index (χ1) is 16.9. The number of fused-ring (bicyclic) bond motifs is 1. The van der Waals surface area contributed by atoms with Crippen LogP contribution in [0.5, 0.6) is 0 Å². The molecule has 5 rings (SSSR count). The van der Waals surface area contributed by atoms with Crippen LogP contribution in [0.4, 0.5) is 8.78 Å². The van der Waals surface area contributed by atoms with Crippen LogP contribution in [0.25, 0.3) is 22.5 Å². The number of amides is 1. The number of halogens is 3. The number of aromatic amines is 1. The molecule has 0 aliphatic heterocycles. The zero-order valence-electron chi connectivity index (χ0n) is 17.8. The quantitative estimate of drug-likeness (QED) is 0.370. The van der Waals surface area contributed by atoms with Gasteiger partial charge in [-0.1, -0.05) is 22.8 Å². The van der Waals surface area contributed by atoms with Crippen LogP contribution >= 0.6 is 11.6 Å². The predicted octanol–water partition coefficient (Wildman–Crippen LogP) is 3.68. The number of nitrogens with zero attached hydrogens (tertiary/aromatic N) is 4. The van der Waals surface area contributed by atoms with E-state index in [0.717, 1.165) is 22.1 Å². The Hall–Kier alpha value is -4.38. The van der Waals surface area contributed by atoms with Gasteiger partial charge >= 0.3 is 0 Å². The second-order valence-corrected chi connectivity index (χ2v) is 7.99. The lowest BCUT2D eigenvalue weighted by molar-refractivity contribution is 0.0947. The van der Waals surface area contributed by atoms with Gasteiger partial charge in [-0.05, 0) is 35.9 Å². The molecular weight excluding hydrogens is 482 g/mol. The normalized spacial score (nSPS) is 11.2. The third kappa shape index (κ3) is 4.53. The number of aromatic nitrogens is 5. The van der Waals surface area contributed by atoms with Crippen LogP contribution in [-0.4, -0.2) is 30.6 Å². The molecule has 176 valence electrons. The van der Waals surface area contributed by atoms with Crippen molar-refractivity contribution >= 4 is 28.5 Å². The number of rotatable bonds is 6. The van der Waals surface area contributed by atoms with Gasteiger partial charge in [-0.3, -0.25) is 9.59 Å². The molecule has 35 heavy (non-hydrogen) atoms. The van der Waals surface area contributed by atoms with Gasteiger partial charge in [0.2, 0.25) is 0 Å².